The fraction of sp³-hybridized carbons (Fsp3) is 0.650. The maximum atomic E-state index is 6.32. The normalized spacial score (nSPS) is 41.1. The van der Waals surface area contributed by atoms with Crippen LogP contribution in [0.15, 0.2) is 29.3 Å². The zero-order chi connectivity index (χ0) is 14.9. The van der Waals surface area contributed by atoms with Crippen LogP contribution in [0.3, 0.4) is 0 Å². The Morgan fingerprint density at radius 1 is 1.00 bits per heavy atom. The van der Waals surface area contributed by atoms with Gasteiger partial charge in [-0.1, -0.05) is 18.2 Å². The first kappa shape index (κ1) is 13.2. The summed E-state index contributed by atoms with van der Waals surface area (Å²) in [4.78, 5) is 4.99. The zero-order valence-electron chi connectivity index (χ0n) is 13.6. The fourth-order valence-corrected chi connectivity index (χ4v) is 6.30. The monoisotopic (exact) mass is 295 g/mol. The summed E-state index contributed by atoms with van der Waals surface area (Å²) in [5.74, 6) is 4.51. The van der Waals surface area contributed by atoms with E-state index in [1.165, 1.54) is 43.4 Å². The third-order valence-electron chi connectivity index (χ3n) is 6.70. The van der Waals surface area contributed by atoms with Crippen LogP contribution in [-0.2, 0) is 10.2 Å². The van der Waals surface area contributed by atoms with Gasteiger partial charge in [-0.05, 0) is 81.3 Å². The van der Waals surface area contributed by atoms with Crippen LogP contribution in [0.25, 0.3) is 0 Å². The first-order valence-corrected chi connectivity index (χ1v) is 9.03. The minimum Gasteiger partial charge on any atom is -0.477 e. The van der Waals surface area contributed by atoms with E-state index in [0.29, 0.717) is 0 Å². The minimum atomic E-state index is 0.105. The number of aliphatic imine (C=N–C) groups is 1. The van der Waals surface area contributed by atoms with E-state index in [0.717, 1.165) is 29.6 Å². The van der Waals surface area contributed by atoms with Crippen LogP contribution in [0.2, 0.25) is 0 Å². The van der Waals surface area contributed by atoms with Gasteiger partial charge in [-0.25, -0.2) is 4.99 Å². The third-order valence-corrected chi connectivity index (χ3v) is 6.70. The molecule has 4 bridgehead atoms. The Hall–Kier alpha value is -1.31. The average molecular weight is 295 g/mol. The Bertz CT molecular complexity index is 617. The van der Waals surface area contributed by atoms with Crippen LogP contribution < -0.4 is 0 Å². The van der Waals surface area contributed by atoms with Gasteiger partial charge in [0.25, 0.3) is 0 Å². The van der Waals surface area contributed by atoms with Crippen LogP contribution >= 0.6 is 0 Å². The van der Waals surface area contributed by atoms with Gasteiger partial charge >= 0.3 is 0 Å². The van der Waals surface area contributed by atoms with E-state index in [1.54, 1.807) is 0 Å². The number of fused-ring (bicyclic) bond motifs is 1. The lowest BCUT2D eigenvalue weighted by atomic mass is 9.44. The summed E-state index contributed by atoms with van der Waals surface area (Å²) in [6, 6.07) is 8.82. The Kier molecular flexibility index (Phi) is 2.61. The zero-order valence-corrected chi connectivity index (χ0v) is 13.6. The maximum absolute atomic E-state index is 6.32. The van der Waals surface area contributed by atoms with Gasteiger partial charge in [-0.2, -0.15) is 0 Å². The van der Waals surface area contributed by atoms with Crippen molar-refractivity contribution in [2.45, 2.75) is 57.5 Å². The molecule has 0 saturated heterocycles. The largest absolute Gasteiger partial charge is 0.477 e. The molecule has 4 fully saturated rings. The molecule has 4 saturated carbocycles. The summed E-state index contributed by atoms with van der Waals surface area (Å²) in [6.07, 6.45) is 7.26. The highest BCUT2D eigenvalue weighted by molar-refractivity contribution is 5.97. The Morgan fingerprint density at radius 2 is 1.64 bits per heavy atom. The van der Waals surface area contributed by atoms with Crippen molar-refractivity contribution in [3.05, 3.63) is 29.8 Å². The number of para-hydroxylation sites is 1. The third kappa shape index (κ3) is 1.54. The Labute approximate surface area is 133 Å². The summed E-state index contributed by atoms with van der Waals surface area (Å²) in [5.41, 5.74) is 2.75. The van der Waals surface area contributed by atoms with Crippen LogP contribution in [-0.4, -0.2) is 12.0 Å². The van der Waals surface area contributed by atoms with E-state index < -0.39 is 0 Å². The van der Waals surface area contributed by atoms with Crippen LogP contribution in [0.1, 0.15) is 51.5 Å². The minimum absolute atomic E-state index is 0.105. The van der Waals surface area contributed by atoms with Gasteiger partial charge in [0, 0.05) is 0 Å². The average Bonchev–Trinajstić information content (AvgIpc) is 2.78. The highest BCUT2D eigenvalue weighted by Crippen LogP contribution is 2.66. The molecule has 2 nitrogen and oxygen atoms in total. The van der Waals surface area contributed by atoms with Gasteiger partial charge in [0.15, 0.2) is 5.90 Å². The molecule has 22 heavy (non-hydrogen) atoms. The van der Waals surface area contributed by atoms with Crippen molar-refractivity contribution in [3.8, 4) is 0 Å². The molecule has 6 rings (SSSR count). The Balaban J connectivity index is 1.68. The van der Waals surface area contributed by atoms with Crippen LogP contribution in [0.5, 0.6) is 0 Å². The molecule has 0 radical (unpaired) electrons. The first-order chi connectivity index (χ1) is 10.7. The van der Waals surface area contributed by atoms with Crippen molar-refractivity contribution in [2.75, 3.05) is 0 Å². The number of ether oxygens (including phenoxy) is 1. The highest BCUT2D eigenvalue weighted by Gasteiger charge is 2.63. The molecule has 0 N–H and O–H groups in total. The summed E-state index contributed by atoms with van der Waals surface area (Å²) in [6.45, 7) is 4.27. The van der Waals surface area contributed by atoms with Gasteiger partial charge in [-0.15, -0.1) is 0 Å². The first-order valence-electron chi connectivity index (χ1n) is 9.03. The Morgan fingerprint density at radius 3 is 2.27 bits per heavy atom. The smallest absolute Gasteiger partial charge is 0.200 e. The number of hydrogen-bond donors (Lipinski definition) is 0. The topological polar surface area (TPSA) is 21.6 Å². The summed E-state index contributed by atoms with van der Waals surface area (Å²) in [7, 11) is 0. The molecule has 2 heteroatoms. The molecule has 1 spiro atoms. The van der Waals surface area contributed by atoms with Crippen LogP contribution in [0.4, 0.5) is 5.69 Å². The van der Waals surface area contributed by atoms with Crippen molar-refractivity contribution in [1.29, 1.82) is 0 Å². The standard InChI is InChI=1S/C20H25NO/c1-12(2)22-19-20(17-5-3-4-6-18(17)21-19)15-8-13-7-14(10-15)11-16(20)9-13/h3-6,12-16H,7-11H2,1-2H3. The van der Waals surface area contributed by atoms with Gasteiger partial charge in [0.05, 0.1) is 17.2 Å². The molecule has 1 aromatic rings. The predicted molar refractivity (Wildman–Crippen MR) is 88.5 cm³/mol. The quantitative estimate of drug-likeness (QED) is 0.726. The number of benzene rings is 1. The second kappa shape index (κ2) is 4.37. The van der Waals surface area contributed by atoms with E-state index in [-0.39, 0.29) is 11.5 Å². The SMILES string of the molecule is CC(C)OC1=Nc2ccccc2C12C1CC3CC(C1)CC2C3. The van der Waals surface area contributed by atoms with Crippen molar-refractivity contribution in [3.63, 3.8) is 0 Å². The summed E-state index contributed by atoms with van der Waals surface area (Å²) in [5, 5.41) is 0. The highest BCUT2D eigenvalue weighted by atomic mass is 16.5. The van der Waals surface area contributed by atoms with E-state index in [4.69, 9.17) is 9.73 Å². The van der Waals surface area contributed by atoms with Crippen molar-refractivity contribution >= 4 is 11.6 Å². The molecule has 1 aromatic carbocycles. The van der Waals surface area contributed by atoms with Crippen molar-refractivity contribution in [2.24, 2.45) is 28.7 Å². The molecule has 4 aliphatic carbocycles. The van der Waals surface area contributed by atoms with Crippen LogP contribution in [0, 0.1) is 23.7 Å². The number of nitrogens with zero attached hydrogens (tertiary/aromatic N) is 1. The van der Waals surface area contributed by atoms with E-state index in [1.807, 2.05) is 0 Å². The van der Waals surface area contributed by atoms with Gasteiger partial charge < -0.3 is 4.74 Å². The number of hydrogen-bond acceptors (Lipinski definition) is 2. The molecule has 116 valence electrons. The van der Waals surface area contributed by atoms with E-state index in [2.05, 4.69) is 38.1 Å². The lowest BCUT2D eigenvalue weighted by molar-refractivity contribution is -0.0386. The summed E-state index contributed by atoms with van der Waals surface area (Å²) >= 11 is 0. The molecule has 0 unspecified atom stereocenters. The van der Waals surface area contributed by atoms with E-state index >= 15 is 0 Å². The molecule has 0 atom stereocenters. The summed E-state index contributed by atoms with van der Waals surface area (Å²) < 4.78 is 6.32. The van der Waals surface area contributed by atoms with Crippen molar-refractivity contribution < 1.29 is 4.74 Å². The lowest BCUT2D eigenvalue weighted by Crippen LogP contribution is -2.59. The predicted octanol–water partition coefficient (Wildman–Crippen LogP) is 4.85. The van der Waals surface area contributed by atoms with E-state index in [9.17, 15) is 0 Å². The molecular formula is C20H25NO. The maximum Gasteiger partial charge on any atom is 0.200 e. The van der Waals surface area contributed by atoms with Gasteiger partial charge in [0.2, 0.25) is 0 Å². The van der Waals surface area contributed by atoms with Gasteiger partial charge in [-0.3, -0.25) is 0 Å². The molecule has 0 amide bonds. The molecule has 0 aromatic heterocycles. The second-order valence-corrected chi connectivity index (χ2v) is 8.27. The molecule has 1 aliphatic heterocycles. The fourth-order valence-electron chi connectivity index (χ4n) is 6.30. The molecule has 5 aliphatic rings. The number of rotatable bonds is 1. The lowest BCUT2D eigenvalue weighted by Gasteiger charge is -2.60. The van der Waals surface area contributed by atoms with Gasteiger partial charge in [0.1, 0.15) is 0 Å². The van der Waals surface area contributed by atoms with Crippen molar-refractivity contribution in [1.82, 2.24) is 0 Å². The molecular weight excluding hydrogens is 270 g/mol. The molecule has 1 heterocycles. The second-order valence-electron chi connectivity index (χ2n) is 8.27.